The van der Waals surface area contributed by atoms with E-state index >= 15 is 0 Å². The van der Waals surface area contributed by atoms with E-state index in [1.165, 1.54) is 0 Å². The van der Waals surface area contributed by atoms with Crippen molar-refractivity contribution in [3.63, 3.8) is 0 Å². The molecular weight excluding hydrogens is 302 g/mol. The highest BCUT2D eigenvalue weighted by Crippen LogP contribution is 2.27. The van der Waals surface area contributed by atoms with Gasteiger partial charge in [0, 0.05) is 32.0 Å². The van der Waals surface area contributed by atoms with Gasteiger partial charge in [-0.2, -0.15) is 0 Å². The molecule has 1 aliphatic heterocycles. The fraction of sp³-hybridized carbons (Fsp3) is 0.789. The number of carbonyl (C=O) groups excluding carboxylic acids is 1. The number of unbranched alkanes of at least 4 members (excludes halogenated alkanes) is 1. The highest BCUT2D eigenvalue weighted by molar-refractivity contribution is 5.76. The van der Waals surface area contributed by atoms with E-state index in [2.05, 4.69) is 37.3 Å². The molecule has 1 saturated heterocycles. The van der Waals surface area contributed by atoms with Crippen LogP contribution < -0.4 is 5.32 Å². The number of hydrogen-bond acceptors (Lipinski definition) is 4. The highest BCUT2D eigenvalue weighted by Gasteiger charge is 2.29. The molecule has 1 fully saturated rings. The van der Waals surface area contributed by atoms with Crippen LogP contribution in [-0.2, 0) is 17.6 Å². The predicted octanol–water partition coefficient (Wildman–Crippen LogP) is 3.04. The second kappa shape index (κ2) is 9.82. The van der Waals surface area contributed by atoms with Crippen molar-refractivity contribution < 1.29 is 9.32 Å². The number of rotatable bonds is 9. The number of aryl methyl sites for hydroxylation is 1. The SMILES string of the molecule is CCCCc1cc(C[C@H]2CNCC[C@H]2CC(=O)N(CC)CC)no1. The van der Waals surface area contributed by atoms with Crippen LogP contribution in [-0.4, -0.2) is 42.1 Å². The van der Waals surface area contributed by atoms with Crippen LogP contribution in [0.3, 0.4) is 0 Å². The lowest BCUT2D eigenvalue weighted by molar-refractivity contribution is -0.132. The predicted molar refractivity (Wildman–Crippen MR) is 95.8 cm³/mol. The molecule has 0 unspecified atom stereocenters. The van der Waals surface area contributed by atoms with Crippen molar-refractivity contribution >= 4 is 5.91 Å². The van der Waals surface area contributed by atoms with Gasteiger partial charge in [0.05, 0.1) is 5.69 Å². The summed E-state index contributed by atoms with van der Waals surface area (Å²) in [6, 6.07) is 2.10. The number of nitrogens with zero attached hydrogens (tertiary/aromatic N) is 2. The van der Waals surface area contributed by atoms with E-state index in [-0.39, 0.29) is 0 Å². The lowest BCUT2D eigenvalue weighted by atomic mass is 9.81. The topological polar surface area (TPSA) is 58.4 Å². The van der Waals surface area contributed by atoms with Gasteiger partial charge in [-0.05, 0) is 58.0 Å². The molecule has 0 saturated carbocycles. The van der Waals surface area contributed by atoms with Crippen molar-refractivity contribution in [1.82, 2.24) is 15.4 Å². The first-order chi connectivity index (χ1) is 11.7. The summed E-state index contributed by atoms with van der Waals surface area (Å²) in [5.74, 6) is 2.18. The molecule has 5 nitrogen and oxygen atoms in total. The molecule has 136 valence electrons. The van der Waals surface area contributed by atoms with Crippen molar-refractivity contribution in [3.05, 3.63) is 17.5 Å². The number of piperidine rings is 1. The Morgan fingerprint density at radius 1 is 1.33 bits per heavy atom. The Kier molecular flexibility index (Phi) is 7.76. The number of amides is 1. The maximum atomic E-state index is 12.5. The Labute approximate surface area is 146 Å². The maximum Gasteiger partial charge on any atom is 0.222 e. The zero-order chi connectivity index (χ0) is 17.4. The van der Waals surface area contributed by atoms with Gasteiger partial charge in [-0.15, -0.1) is 0 Å². The van der Waals surface area contributed by atoms with E-state index in [1.807, 2.05) is 4.90 Å². The standard InChI is InChI=1S/C19H33N3O2/c1-4-7-8-18-13-17(21-24-18)11-16-14-20-10-9-15(16)12-19(23)22(5-2)6-3/h13,15-16,20H,4-12,14H2,1-3H3/t15-,16-/m0/s1. The van der Waals surface area contributed by atoms with E-state index in [4.69, 9.17) is 4.52 Å². The molecule has 2 heterocycles. The minimum Gasteiger partial charge on any atom is -0.361 e. The third-order valence-electron chi connectivity index (χ3n) is 5.17. The van der Waals surface area contributed by atoms with Gasteiger partial charge in [0.2, 0.25) is 5.91 Å². The van der Waals surface area contributed by atoms with Crippen LogP contribution in [0.15, 0.2) is 10.6 Å². The van der Waals surface area contributed by atoms with Crippen LogP contribution in [0.25, 0.3) is 0 Å². The lowest BCUT2D eigenvalue weighted by Gasteiger charge is -2.32. The molecule has 0 aromatic carbocycles. The number of hydrogen-bond donors (Lipinski definition) is 1. The van der Waals surface area contributed by atoms with Crippen molar-refractivity contribution in [2.75, 3.05) is 26.2 Å². The molecular formula is C19H33N3O2. The molecule has 0 radical (unpaired) electrons. The van der Waals surface area contributed by atoms with Gasteiger partial charge in [0.25, 0.3) is 0 Å². The van der Waals surface area contributed by atoms with Gasteiger partial charge in [-0.1, -0.05) is 18.5 Å². The smallest absolute Gasteiger partial charge is 0.222 e. The van der Waals surface area contributed by atoms with E-state index in [1.54, 1.807) is 0 Å². The largest absolute Gasteiger partial charge is 0.361 e. The second-order valence-corrected chi connectivity index (χ2v) is 6.88. The summed E-state index contributed by atoms with van der Waals surface area (Å²) in [7, 11) is 0. The molecule has 0 spiro atoms. The number of aromatic nitrogens is 1. The lowest BCUT2D eigenvalue weighted by Crippen LogP contribution is -2.41. The molecule has 0 aliphatic carbocycles. The summed E-state index contributed by atoms with van der Waals surface area (Å²) in [6.07, 6.45) is 5.90. The zero-order valence-corrected chi connectivity index (χ0v) is 15.5. The third-order valence-corrected chi connectivity index (χ3v) is 5.17. The average Bonchev–Trinajstić information content (AvgIpc) is 3.03. The summed E-state index contributed by atoms with van der Waals surface area (Å²) in [6.45, 7) is 9.86. The molecule has 1 aliphatic rings. The highest BCUT2D eigenvalue weighted by atomic mass is 16.5. The maximum absolute atomic E-state index is 12.5. The van der Waals surface area contributed by atoms with Gasteiger partial charge in [0.1, 0.15) is 5.76 Å². The van der Waals surface area contributed by atoms with Crippen LogP contribution in [0.4, 0.5) is 0 Å². The van der Waals surface area contributed by atoms with Gasteiger partial charge in [0.15, 0.2) is 0 Å². The Morgan fingerprint density at radius 2 is 2.12 bits per heavy atom. The number of carbonyl (C=O) groups is 1. The Balaban J connectivity index is 1.93. The van der Waals surface area contributed by atoms with E-state index < -0.39 is 0 Å². The number of nitrogens with one attached hydrogen (secondary N) is 1. The fourth-order valence-electron chi connectivity index (χ4n) is 3.60. The minimum atomic E-state index is 0.292. The normalized spacial score (nSPS) is 21.0. The van der Waals surface area contributed by atoms with Gasteiger partial charge in [-0.3, -0.25) is 4.79 Å². The first-order valence-corrected chi connectivity index (χ1v) is 9.60. The Bertz CT molecular complexity index is 497. The minimum absolute atomic E-state index is 0.292. The molecule has 2 rings (SSSR count). The van der Waals surface area contributed by atoms with Crippen molar-refractivity contribution in [2.45, 2.75) is 59.3 Å². The van der Waals surface area contributed by atoms with E-state index in [0.717, 1.165) is 69.7 Å². The summed E-state index contributed by atoms with van der Waals surface area (Å²) < 4.78 is 5.45. The third kappa shape index (κ3) is 5.33. The first kappa shape index (κ1) is 19.0. The van der Waals surface area contributed by atoms with E-state index in [0.29, 0.717) is 24.2 Å². The van der Waals surface area contributed by atoms with Crippen molar-refractivity contribution in [3.8, 4) is 0 Å². The summed E-state index contributed by atoms with van der Waals surface area (Å²) in [5, 5.41) is 7.72. The summed E-state index contributed by atoms with van der Waals surface area (Å²) >= 11 is 0. The van der Waals surface area contributed by atoms with Crippen molar-refractivity contribution in [2.24, 2.45) is 11.8 Å². The molecule has 2 atom stereocenters. The van der Waals surface area contributed by atoms with Crippen LogP contribution in [0.5, 0.6) is 0 Å². The van der Waals surface area contributed by atoms with Gasteiger partial charge < -0.3 is 14.7 Å². The molecule has 1 amide bonds. The van der Waals surface area contributed by atoms with Crippen LogP contribution >= 0.6 is 0 Å². The quantitative estimate of drug-likeness (QED) is 0.753. The Hall–Kier alpha value is -1.36. The van der Waals surface area contributed by atoms with Gasteiger partial charge in [-0.25, -0.2) is 0 Å². The molecule has 0 bridgehead atoms. The molecule has 1 N–H and O–H groups in total. The van der Waals surface area contributed by atoms with Crippen LogP contribution in [0, 0.1) is 11.8 Å². The van der Waals surface area contributed by atoms with E-state index in [9.17, 15) is 4.79 Å². The van der Waals surface area contributed by atoms with Crippen LogP contribution in [0.1, 0.15) is 57.9 Å². The molecule has 5 heteroatoms. The fourth-order valence-corrected chi connectivity index (χ4v) is 3.60. The summed E-state index contributed by atoms with van der Waals surface area (Å²) in [4.78, 5) is 14.4. The summed E-state index contributed by atoms with van der Waals surface area (Å²) in [5.41, 5.74) is 1.04. The second-order valence-electron chi connectivity index (χ2n) is 6.88. The Morgan fingerprint density at radius 3 is 2.83 bits per heavy atom. The van der Waals surface area contributed by atoms with Crippen molar-refractivity contribution in [1.29, 1.82) is 0 Å². The zero-order valence-electron chi connectivity index (χ0n) is 15.5. The van der Waals surface area contributed by atoms with Gasteiger partial charge >= 0.3 is 0 Å². The monoisotopic (exact) mass is 335 g/mol. The molecule has 1 aromatic heterocycles. The molecule has 24 heavy (non-hydrogen) atoms. The molecule has 1 aromatic rings. The first-order valence-electron chi connectivity index (χ1n) is 9.60. The van der Waals surface area contributed by atoms with Crippen LogP contribution in [0.2, 0.25) is 0 Å². The average molecular weight is 335 g/mol.